The summed E-state index contributed by atoms with van der Waals surface area (Å²) in [5.74, 6) is -1.21. The third-order valence-corrected chi connectivity index (χ3v) is 4.61. The van der Waals surface area contributed by atoms with Gasteiger partial charge < -0.3 is 14.1 Å². The van der Waals surface area contributed by atoms with E-state index in [9.17, 15) is 9.59 Å². The van der Waals surface area contributed by atoms with Gasteiger partial charge in [-0.05, 0) is 37.1 Å². The number of hydrogen-bond donors (Lipinski definition) is 1. The normalized spacial score (nSPS) is 21.8. The number of ether oxygens (including phenoxy) is 1. The van der Waals surface area contributed by atoms with E-state index in [0.717, 1.165) is 12.1 Å². The largest absolute Gasteiger partial charge is 0.467 e. The van der Waals surface area contributed by atoms with Gasteiger partial charge in [-0.25, -0.2) is 4.99 Å². The fraction of sp³-hybridized carbons (Fsp3) is 0.316. The Morgan fingerprint density at radius 2 is 2.19 bits per heavy atom. The quantitative estimate of drug-likeness (QED) is 0.674. The maximum atomic E-state index is 12.7. The van der Waals surface area contributed by atoms with Gasteiger partial charge in [-0.1, -0.05) is 18.2 Å². The number of para-hydroxylation sites is 1. The molecule has 0 saturated carbocycles. The third-order valence-electron chi connectivity index (χ3n) is 4.61. The molecule has 0 saturated heterocycles. The second kappa shape index (κ2) is 6.67. The van der Waals surface area contributed by atoms with Crippen molar-refractivity contribution in [1.82, 2.24) is 5.32 Å². The van der Waals surface area contributed by atoms with Gasteiger partial charge in [0.15, 0.2) is 5.92 Å². The number of guanidine groups is 1. The topological polar surface area (TPSA) is 84.1 Å². The summed E-state index contributed by atoms with van der Waals surface area (Å²) in [5.41, 5.74) is 2.21. The lowest BCUT2D eigenvalue weighted by molar-refractivity contribution is -0.153. The van der Waals surface area contributed by atoms with E-state index in [-0.39, 0.29) is 6.61 Å². The molecule has 0 radical (unpaired) electrons. The molecule has 7 nitrogen and oxygen atoms in total. The maximum Gasteiger partial charge on any atom is 0.321 e. The molecule has 134 valence electrons. The Bertz CT molecular complexity index is 859. The summed E-state index contributed by atoms with van der Waals surface area (Å²) in [4.78, 5) is 31.7. The highest BCUT2D eigenvalue weighted by molar-refractivity contribution is 6.13. The highest BCUT2D eigenvalue weighted by Gasteiger charge is 2.43. The molecule has 0 spiro atoms. The molecule has 0 fully saturated rings. The average Bonchev–Trinajstić information content (AvgIpc) is 3.31. The molecule has 0 aliphatic carbocycles. The van der Waals surface area contributed by atoms with Crippen LogP contribution in [0.2, 0.25) is 0 Å². The maximum absolute atomic E-state index is 12.7. The Morgan fingerprint density at radius 1 is 1.35 bits per heavy atom. The van der Waals surface area contributed by atoms with Crippen LogP contribution in [0.4, 0.5) is 5.69 Å². The molecular weight excluding hydrogens is 334 g/mol. The zero-order valence-electron chi connectivity index (χ0n) is 14.3. The number of nitrogens with zero attached hydrogens (tertiary/aromatic N) is 2. The van der Waals surface area contributed by atoms with E-state index in [2.05, 4.69) is 16.4 Å². The van der Waals surface area contributed by atoms with Crippen molar-refractivity contribution in [1.29, 1.82) is 0 Å². The number of benzene rings is 1. The minimum absolute atomic E-state index is 0.198. The van der Waals surface area contributed by atoms with Crippen LogP contribution in [0.15, 0.2) is 52.1 Å². The van der Waals surface area contributed by atoms with Crippen LogP contribution in [0.5, 0.6) is 0 Å². The number of hydrogen-bond acceptors (Lipinski definition) is 6. The van der Waals surface area contributed by atoms with E-state index in [1.165, 1.54) is 11.8 Å². The fourth-order valence-electron chi connectivity index (χ4n) is 3.42. The number of fused-ring (bicyclic) bond motifs is 1. The standard InChI is InChI=1S/C19H19N3O4/c1-2-25-18(24)15-16(14-8-5-11-26-14)20-19(21-17(15)23)22-10-9-12-6-3-4-7-13(12)22/h3-8,11,15-16H,2,9-10H2,1H3,(H,20,21,23)/t15-,16-/m0/s1. The highest BCUT2D eigenvalue weighted by Crippen LogP contribution is 2.34. The van der Waals surface area contributed by atoms with Crippen LogP contribution in [-0.4, -0.2) is 31.0 Å². The van der Waals surface area contributed by atoms with Crippen molar-refractivity contribution in [3.8, 4) is 0 Å². The lowest BCUT2D eigenvalue weighted by Crippen LogP contribution is -2.52. The number of carbonyl (C=O) groups excluding carboxylic acids is 2. The zero-order chi connectivity index (χ0) is 18.1. The van der Waals surface area contributed by atoms with E-state index >= 15 is 0 Å². The van der Waals surface area contributed by atoms with Crippen molar-refractivity contribution in [3.63, 3.8) is 0 Å². The van der Waals surface area contributed by atoms with Crippen molar-refractivity contribution in [2.45, 2.75) is 19.4 Å². The van der Waals surface area contributed by atoms with Gasteiger partial charge in [0, 0.05) is 12.2 Å². The predicted molar refractivity (Wildman–Crippen MR) is 94.6 cm³/mol. The molecule has 0 bridgehead atoms. The lowest BCUT2D eigenvalue weighted by atomic mass is 9.95. The van der Waals surface area contributed by atoms with Crippen LogP contribution in [0.25, 0.3) is 0 Å². The van der Waals surface area contributed by atoms with E-state index in [1.54, 1.807) is 19.1 Å². The number of furan rings is 1. The first-order valence-electron chi connectivity index (χ1n) is 8.63. The number of aliphatic imine (C=N–C) groups is 1. The second-order valence-electron chi connectivity index (χ2n) is 6.16. The second-order valence-corrected chi connectivity index (χ2v) is 6.16. The smallest absolute Gasteiger partial charge is 0.321 e. The van der Waals surface area contributed by atoms with Gasteiger partial charge in [-0.15, -0.1) is 0 Å². The summed E-state index contributed by atoms with van der Waals surface area (Å²) in [6.45, 7) is 2.62. The summed E-state index contributed by atoms with van der Waals surface area (Å²) in [6.07, 6.45) is 2.38. The fourth-order valence-corrected chi connectivity index (χ4v) is 3.42. The van der Waals surface area contributed by atoms with Crippen molar-refractivity contribution in [2.75, 3.05) is 18.1 Å². The molecule has 4 rings (SSSR count). The number of carbonyl (C=O) groups is 2. The molecule has 7 heteroatoms. The Balaban J connectivity index is 1.72. The minimum atomic E-state index is -1.07. The first kappa shape index (κ1) is 16.4. The summed E-state index contributed by atoms with van der Waals surface area (Å²) in [6, 6.07) is 10.7. The van der Waals surface area contributed by atoms with Crippen LogP contribution in [0.1, 0.15) is 24.3 Å². The predicted octanol–water partition coefficient (Wildman–Crippen LogP) is 2.05. The molecule has 26 heavy (non-hydrogen) atoms. The monoisotopic (exact) mass is 353 g/mol. The van der Waals surface area contributed by atoms with Crippen LogP contribution in [0, 0.1) is 5.92 Å². The Morgan fingerprint density at radius 3 is 2.96 bits per heavy atom. The van der Waals surface area contributed by atoms with Crippen molar-refractivity contribution in [3.05, 3.63) is 54.0 Å². The number of esters is 1. The molecule has 2 atom stereocenters. The van der Waals surface area contributed by atoms with Gasteiger partial charge in [0.25, 0.3) is 0 Å². The van der Waals surface area contributed by atoms with Gasteiger partial charge in [0.2, 0.25) is 11.9 Å². The Labute approximate surface area is 150 Å². The van der Waals surface area contributed by atoms with Crippen molar-refractivity contribution in [2.24, 2.45) is 10.9 Å². The average molecular weight is 353 g/mol. The van der Waals surface area contributed by atoms with Gasteiger partial charge in [0.1, 0.15) is 11.8 Å². The van der Waals surface area contributed by atoms with E-state index in [1.807, 2.05) is 23.1 Å². The van der Waals surface area contributed by atoms with Crippen LogP contribution >= 0.6 is 0 Å². The Hall–Kier alpha value is -3.09. The van der Waals surface area contributed by atoms with Crippen molar-refractivity contribution >= 4 is 23.5 Å². The summed E-state index contributed by atoms with van der Waals surface area (Å²) < 4.78 is 10.5. The molecule has 3 heterocycles. The molecule has 2 aliphatic rings. The first-order valence-corrected chi connectivity index (χ1v) is 8.63. The minimum Gasteiger partial charge on any atom is -0.467 e. The van der Waals surface area contributed by atoms with Gasteiger partial charge in [0.05, 0.1) is 12.9 Å². The summed E-state index contributed by atoms with van der Waals surface area (Å²) in [5, 5.41) is 2.78. The van der Waals surface area contributed by atoms with Gasteiger partial charge in [-0.3, -0.25) is 14.9 Å². The Kier molecular flexibility index (Phi) is 4.20. The van der Waals surface area contributed by atoms with Gasteiger partial charge >= 0.3 is 5.97 Å². The van der Waals surface area contributed by atoms with Crippen molar-refractivity contribution < 1.29 is 18.7 Å². The number of nitrogens with one attached hydrogen (secondary N) is 1. The molecule has 1 N–H and O–H groups in total. The SMILES string of the molecule is CCOC(=O)[C@@H]1C(=O)NC(N2CCc3ccccc32)=N[C@H]1c1ccco1. The van der Waals surface area contributed by atoms with E-state index in [4.69, 9.17) is 9.15 Å². The van der Waals surface area contributed by atoms with Gasteiger partial charge in [-0.2, -0.15) is 0 Å². The number of rotatable bonds is 3. The lowest BCUT2D eigenvalue weighted by Gasteiger charge is -2.30. The zero-order valence-corrected chi connectivity index (χ0v) is 14.3. The number of amides is 1. The van der Waals surface area contributed by atoms with Crippen LogP contribution in [0.3, 0.4) is 0 Å². The highest BCUT2D eigenvalue weighted by atomic mass is 16.5. The summed E-state index contributed by atoms with van der Waals surface area (Å²) in [7, 11) is 0. The first-order chi connectivity index (χ1) is 12.7. The molecule has 0 unspecified atom stereocenters. The molecule has 1 aromatic carbocycles. The third kappa shape index (κ3) is 2.75. The van der Waals surface area contributed by atoms with E-state index < -0.39 is 23.8 Å². The molecule has 2 aromatic rings. The molecule has 2 aliphatic heterocycles. The van der Waals surface area contributed by atoms with Crippen LogP contribution in [-0.2, 0) is 20.7 Å². The molecule has 1 aromatic heterocycles. The number of anilines is 1. The van der Waals surface area contributed by atoms with E-state index in [0.29, 0.717) is 18.3 Å². The molecular formula is C19H19N3O4. The summed E-state index contributed by atoms with van der Waals surface area (Å²) >= 11 is 0. The van der Waals surface area contributed by atoms with Crippen LogP contribution < -0.4 is 10.2 Å². The molecule has 1 amide bonds.